The van der Waals surface area contributed by atoms with Gasteiger partial charge in [0.05, 0.1) is 6.33 Å². The first kappa shape index (κ1) is 12.6. The summed E-state index contributed by atoms with van der Waals surface area (Å²) in [5.41, 5.74) is 2.14. The first-order valence-corrected chi connectivity index (χ1v) is 5.92. The number of halogens is 1. The van der Waals surface area contributed by atoms with Crippen LogP contribution in [0.5, 0.6) is 0 Å². The molecule has 0 N–H and O–H groups in total. The molecule has 1 aromatic heterocycles. The van der Waals surface area contributed by atoms with Crippen LogP contribution in [0, 0.1) is 11.2 Å². The third-order valence-electron chi connectivity index (χ3n) is 2.77. The van der Waals surface area contributed by atoms with Crippen molar-refractivity contribution < 1.29 is 4.39 Å². The Hall–Kier alpha value is -1.90. The fraction of sp³-hybridized carbons (Fsp3) is 0.267. The van der Waals surface area contributed by atoms with Crippen molar-refractivity contribution in [1.82, 2.24) is 9.55 Å². The smallest absolute Gasteiger partial charge is 0.123 e. The second kappa shape index (κ2) is 4.77. The third kappa shape index (κ3) is 2.86. The molecule has 0 aliphatic carbocycles. The van der Waals surface area contributed by atoms with E-state index in [0.29, 0.717) is 0 Å². The Morgan fingerprint density at radius 1 is 1.22 bits per heavy atom. The van der Waals surface area contributed by atoms with Crippen molar-refractivity contribution in [1.29, 1.82) is 0 Å². The van der Waals surface area contributed by atoms with E-state index >= 15 is 0 Å². The zero-order valence-electron chi connectivity index (χ0n) is 10.9. The van der Waals surface area contributed by atoms with Crippen LogP contribution in [0.25, 0.3) is 11.8 Å². The molecule has 0 saturated heterocycles. The maximum absolute atomic E-state index is 13.0. The second-order valence-corrected chi connectivity index (χ2v) is 5.31. The van der Waals surface area contributed by atoms with Crippen molar-refractivity contribution in [2.75, 3.05) is 0 Å². The van der Waals surface area contributed by atoms with E-state index in [1.807, 2.05) is 29.1 Å². The van der Waals surface area contributed by atoms with Crippen LogP contribution in [0.3, 0.4) is 0 Å². The largest absolute Gasteiger partial charge is 0.313 e. The third-order valence-corrected chi connectivity index (χ3v) is 2.77. The molecule has 3 heteroatoms. The van der Waals surface area contributed by atoms with Gasteiger partial charge in [0.25, 0.3) is 0 Å². The van der Waals surface area contributed by atoms with Gasteiger partial charge in [-0.3, -0.25) is 0 Å². The number of imidazole rings is 1. The van der Waals surface area contributed by atoms with Gasteiger partial charge in [-0.05, 0) is 28.7 Å². The summed E-state index contributed by atoms with van der Waals surface area (Å²) in [4.78, 5) is 4.02. The first-order valence-electron chi connectivity index (χ1n) is 5.92. The molecule has 2 rings (SSSR count). The first-order chi connectivity index (χ1) is 8.47. The van der Waals surface area contributed by atoms with Gasteiger partial charge in [0, 0.05) is 18.6 Å². The van der Waals surface area contributed by atoms with Crippen LogP contribution in [-0.2, 0) is 0 Å². The van der Waals surface area contributed by atoms with Crippen LogP contribution in [0.15, 0.2) is 43.0 Å². The van der Waals surface area contributed by atoms with Gasteiger partial charge in [-0.25, -0.2) is 9.37 Å². The summed E-state index contributed by atoms with van der Waals surface area (Å²) in [5, 5.41) is 0. The molecule has 0 spiro atoms. The number of nitrogens with zero attached hydrogens (tertiary/aromatic N) is 2. The summed E-state index contributed by atoms with van der Waals surface area (Å²) >= 11 is 0. The summed E-state index contributed by atoms with van der Waals surface area (Å²) in [6.07, 6.45) is 7.40. The van der Waals surface area contributed by atoms with Crippen LogP contribution in [0.1, 0.15) is 26.3 Å². The fourth-order valence-corrected chi connectivity index (χ4v) is 1.83. The molecule has 0 fully saturated rings. The Balaban J connectivity index is 2.47. The van der Waals surface area contributed by atoms with E-state index in [2.05, 4.69) is 25.8 Å². The Kier molecular flexibility index (Phi) is 3.32. The number of allylic oxidation sites excluding steroid dienone is 1. The predicted octanol–water partition coefficient (Wildman–Crippen LogP) is 4.07. The number of hydrogen-bond donors (Lipinski definition) is 0. The van der Waals surface area contributed by atoms with E-state index in [4.69, 9.17) is 0 Å². The number of hydrogen-bond acceptors (Lipinski definition) is 1. The Labute approximate surface area is 107 Å². The molecule has 0 atom stereocenters. The molecule has 18 heavy (non-hydrogen) atoms. The molecule has 94 valence electrons. The summed E-state index contributed by atoms with van der Waals surface area (Å²) in [5.74, 6) is -0.213. The zero-order valence-corrected chi connectivity index (χ0v) is 10.9. The van der Waals surface area contributed by atoms with Crippen LogP contribution in [0.4, 0.5) is 4.39 Å². The van der Waals surface area contributed by atoms with E-state index in [0.717, 1.165) is 11.1 Å². The lowest BCUT2D eigenvalue weighted by Gasteiger charge is -2.23. The maximum atomic E-state index is 13.0. The minimum atomic E-state index is -0.213. The number of benzene rings is 1. The van der Waals surface area contributed by atoms with Crippen molar-refractivity contribution in [3.63, 3.8) is 0 Å². The standard InChI is InChI=1S/C15H17FN2/c1-15(2,3)14(10-18-9-8-17-11-18)12-4-6-13(16)7-5-12/h4-11H,1-3H3/b14-10-. The summed E-state index contributed by atoms with van der Waals surface area (Å²) < 4.78 is 14.9. The lowest BCUT2D eigenvalue weighted by Crippen LogP contribution is -2.09. The van der Waals surface area contributed by atoms with E-state index in [1.54, 1.807) is 12.5 Å². The van der Waals surface area contributed by atoms with Crippen molar-refractivity contribution in [3.8, 4) is 0 Å². The highest BCUT2D eigenvalue weighted by Gasteiger charge is 2.19. The molecule has 2 aromatic rings. The molecular weight excluding hydrogens is 227 g/mol. The molecule has 0 radical (unpaired) electrons. The van der Waals surface area contributed by atoms with Crippen LogP contribution in [-0.4, -0.2) is 9.55 Å². The minimum Gasteiger partial charge on any atom is -0.313 e. The van der Waals surface area contributed by atoms with Crippen molar-refractivity contribution in [2.45, 2.75) is 20.8 Å². The average Bonchev–Trinajstić information content (AvgIpc) is 2.79. The zero-order chi connectivity index (χ0) is 13.2. The van der Waals surface area contributed by atoms with Crippen molar-refractivity contribution >= 4 is 11.8 Å². The molecule has 1 heterocycles. The lowest BCUT2D eigenvalue weighted by molar-refractivity contribution is 0.567. The average molecular weight is 244 g/mol. The van der Waals surface area contributed by atoms with Crippen LogP contribution < -0.4 is 0 Å². The predicted molar refractivity (Wildman–Crippen MR) is 72.2 cm³/mol. The second-order valence-electron chi connectivity index (χ2n) is 5.31. The lowest BCUT2D eigenvalue weighted by atomic mass is 9.82. The normalized spacial score (nSPS) is 12.8. The highest BCUT2D eigenvalue weighted by atomic mass is 19.1. The van der Waals surface area contributed by atoms with Gasteiger partial charge in [0.15, 0.2) is 0 Å². The van der Waals surface area contributed by atoms with Gasteiger partial charge in [-0.1, -0.05) is 32.9 Å². The maximum Gasteiger partial charge on any atom is 0.123 e. The van der Waals surface area contributed by atoms with Crippen molar-refractivity contribution in [3.05, 3.63) is 54.4 Å². The molecule has 0 saturated carbocycles. The molecule has 0 unspecified atom stereocenters. The summed E-state index contributed by atoms with van der Waals surface area (Å²) in [7, 11) is 0. The van der Waals surface area contributed by atoms with Gasteiger partial charge in [-0.2, -0.15) is 0 Å². The van der Waals surface area contributed by atoms with Gasteiger partial charge in [-0.15, -0.1) is 0 Å². The van der Waals surface area contributed by atoms with Crippen LogP contribution >= 0.6 is 0 Å². The number of rotatable bonds is 2. The van der Waals surface area contributed by atoms with E-state index in [-0.39, 0.29) is 11.2 Å². The van der Waals surface area contributed by atoms with Gasteiger partial charge in [0.1, 0.15) is 5.82 Å². The monoisotopic (exact) mass is 244 g/mol. The SMILES string of the molecule is CC(C)(C)/C(=C\n1ccnc1)c1ccc(F)cc1. The summed E-state index contributed by atoms with van der Waals surface area (Å²) in [6.45, 7) is 6.41. The Morgan fingerprint density at radius 3 is 2.39 bits per heavy atom. The highest BCUT2D eigenvalue weighted by Crippen LogP contribution is 2.34. The molecule has 2 nitrogen and oxygen atoms in total. The molecule has 1 aromatic carbocycles. The molecule has 0 bridgehead atoms. The highest BCUT2D eigenvalue weighted by molar-refractivity contribution is 5.78. The Morgan fingerprint density at radius 2 is 1.89 bits per heavy atom. The fourth-order valence-electron chi connectivity index (χ4n) is 1.83. The molecular formula is C15H17FN2. The Bertz CT molecular complexity index is 531. The quantitative estimate of drug-likeness (QED) is 0.778. The van der Waals surface area contributed by atoms with Crippen LogP contribution in [0.2, 0.25) is 0 Å². The van der Waals surface area contributed by atoms with E-state index in [1.165, 1.54) is 12.1 Å². The van der Waals surface area contributed by atoms with Crippen molar-refractivity contribution in [2.24, 2.45) is 5.41 Å². The van der Waals surface area contributed by atoms with Gasteiger partial charge < -0.3 is 4.57 Å². The van der Waals surface area contributed by atoms with E-state index < -0.39 is 0 Å². The summed E-state index contributed by atoms with van der Waals surface area (Å²) in [6, 6.07) is 6.60. The minimum absolute atomic E-state index is 0.0257. The van der Waals surface area contributed by atoms with Gasteiger partial charge in [0.2, 0.25) is 0 Å². The molecule has 0 aliphatic rings. The number of aromatic nitrogens is 2. The van der Waals surface area contributed by atoms with Gasteiger partial charge >= 0.3 is 0 Å². The molecule has 0 aliphatic heterocycles. The van der Waals surface area contributed by atoms with E-state index in [9.17, 15) is 4.39 Å². The topological polar surface area (TPSA) is 17.8 Å². The molecule has 0 amide bonds.